The Bertz CT molecular complexity index is 301. The van der Waals surface area contributed by atoms with E-state index in [1.165, 1.54) is 6.42 Å². The van der Waals surface area contributed by atoms with Crippen LogP contribution in [0, 0.1) is 5.92 Å². The van der Waals surface area contributed by atoms with E-state index in [9.17, 15) is 8.42 Å². The van der Waals surface area contributed by atoms with Crippen molar-refractivity contribution >= 4 is 9.84 Å². The summed E-state index contributed by atoms with van der Waals surface area (Å²) in [6.45, 7) is 2.48. The second kappa shape index (κ2) is 4.39. The number of nitrogens with two attached hydrogens (primary N) is 1. The first kappa shape index (κ1) is 11.4. The first-order valence-electron chi connectivity index (χ1n) is 5.73. The molecule has 2 fully saturated rings. The lowest BCUT2D eigenvalue weighted by Gasteiger charge is -2.28. The normalized spacial score (nSPS) is 36.9. The minimum Gasteiger partial charge on any atom is -0.328 e. The van der Waals surface area contributed by atoms with E-state index in [4.69, 9.17) is 5.73 Å². The Morgan fingerprint density at radius 3 is 2.40 bits per heavy atom. The summed E-state index contributed by atoms with van der Waals surface area (Å²) in [5.74, 6) is 1.37. The fraction of sp³-hybridized carbons (Fsp3) is 1.00. The SMILES string of the molecule is N[C@@H]1CC[C@H](CN2CCS(=O)(=O)CC2)C1. The highest BCUT2D eigenvalue weighted by Gasteiger charge is 2.27. The van der Waals surface area contributed by atoms with Crippen molar-refractivity contribution in [3.8, 4) is 0 Å². The van der Waals surface area contributed by atoms with E-state index in [-0.39, 0.29) is 0 Å². The van der Waals surface area contributed by atoms with Crippen molar-refractivity contribution in [3.05, 3.63) is 0 Å². The summed E-state index contributed by atoms with van der Waals surface area (Å²) in [6, 6.07) is 0.378. The van der Waals surface area contributed by atoms with Crippen molar-refractivity contribution in [1.82, 2.24) is 4.90 Å². The topological polar surface area (TPSA) is 63.4 Å². The van der Waals surface area contributed by atoms with E-state index < -0.39 is 9.84 Å². The van der Waals surface area contributed by atoms with Crippen LogP contribution in [0.25, 0.3) is 0 Å². The van der Waals surface area contributed by atoms with Crippen LogP contribution in [0.3, 0.4) is 0 Å². The molecule has 1 heterocycles. The number of hydrogen-bond donors (Lipinski definition) is 1. The molecule has 1 saturated carbocycles. The Labute approximate surface area is 91.7 Å². The molecule has 4 nitrogen and oxygen atoms in total. The highest BCUT2D eigenvalue weighted by atomic mass is 32.2. The molecule has 0 aromatic rings. The van der Waals surface area contributed by atoms with Gasteiger partial charge in [0, 0.05) is 25.7 Å². The van der Waals surface area contributed by atoms with E-state index in [1.807, 2.05) is 0 Å². The van der Waals surface area contributed by atoms with Crippen LogP contribution in [0.1, 0.15) is 19.3 Å². The number of sulfone groups is 1. The van der Waals surface area contributed by atoms with Gasteiger partial charge < -0.3 is 10.6 Å². The lowest BCUT2D eigenvalue weighted by atomic mass is 10.1. The van der Waals surface area contributed by atoms with Gasteiger partial charge >= 0.3 is 0 Å². The van der Waals surface area contributed by atoms with Crippen LogP contribution in [0.15, 0.2) is 0 Å². The summed E-state index contributed by atoms with van der Waals surface area (Å²) in [6.07, 6.45) is 3.46. The van der Waals surface area contributed by atoms with E-state index >= 15 is 0 Å². The molecule has 1 saturated heterocycles. The van der Waals surface area contributed by atoms with Crippen LogP contribution in [0.4, 0.5) is 0 Å². The molecule has 2 N–H and O–H groups in total. The Morgan fingerprint density at radius 1 is 1.20 bits per heavy atom. The fourth-order valence-corrected chi connectivity index (χ4v) is 3.85. The second-order valence-electron chi connectivity index (χ2n) is 4.89. The van der Waals surface area contributed by atoms with Crippen molar-refractivity contribution in [2.45, 2.75) is 25.3 Å². The van der Waals surface area contributed by atoms with Gasteiger partial charge in [0.2, 0.25) is 0 Å². The third-order valence-electron chi connectivity index (χ3n) is 3.54. The number of nitrogens with zero attached hydrogens (tertiary/aromatic N) is 1. The van der Waals surface area contributed by atoms with Crippen molar-refractivity contribution in [1.29, 1.82) is 0 Å². The standard InChI is InChI=1S/C10H20N2O2S/c11-10-2-1-9(7-10)8-12-3-5-15(13,14)6-4-12/h9-10H,1-8,11H2/t9-,10+/m0/s1. The summed E-state index contributed by atoms with van der Waals surface area (Å²) >= 11 is 0. The fourth-order valence-electron chi connectivity index (χ4n) is 2.58. The van der Waals surface area contributed by atoms with E-state index in [0.717, 1.165) is 19.4 Å². The highest BCUT2D eigenvalue weighted by molar-refractivity contribution is 7.91. The molecule has 0 spiro atoms. The van der Waals surface area contributed by atoms with Crippen LogP contribution in [-0.2, 0) is 9.84 Å². The van der Waals surface area contributed by atoms with Crippen LogP contribution < -0.4 is 5.73 Å². The Morgan fingerprint density at radius 2 is 1.87 bits per heavy atom. The highest BCUT2D eigenvalue weighted by Crippen LogP contribution is 2.25. The number of rotatable bonds is 2. The third-order valence-corrected chi connectivity index (χ3v) is 5.14. The van der Waals surface area contributed by atoms with Gasteiger partial charge in [-0.15, -0.1) is 0 Å². The van der Waals surface area contributed by atoms with Gasteiger partial charge in [0.1, 0.15) is 0 Å². The van der Waals surface area contributed by atoms with Gasteiger partial charge in [0.15, 0.2) is 9.84 Å². The Balaban J connectivity index is 1.77. The minimum atomic E-state index is -2.73. The lowest BCUT2D eigenvalue weighted by Crippen LogP contribution is -2.42. The molecule has 5 heteroatoms. The zero-order chi connectivity index (χ0) is 10.9. The largest absolute Gasteiger partial charge is 0.328 e. The van der Waals surface area contributed by atoms with E-state index in [0.29, 0.717) is 36.6 Å². The van der Waals surface area contributed by atoms with Crippen LogP contribution >= 0.6 is 0 Å². The quantitative estimate of drug-likeness (QED) is 0.719. The Hall–Kier alpha value is -0.130. The second-order valence-corrected chi connectivity index (χ2v) is 7.20. The summed E-state index contributed by atoms with van der Waals surface area (Å²) in [5.41, 5.74) is 5.86. The summed E-state index contributed by atoms with van der Waals surface area (Å²) in [5, 5.41) is 0. The van der Waals surface area contributed by atoms with Gasteiger partial charge in [-0.1, -0.05) is 0 Å². The van der Waals surface area contributed by atoms with Crippen molar-refractivity contribution in [3.63, 3.8) is 0 Å². The van der Waals surface area contributed by atoms with Crippen molar-refractivity contribution in [2.24, 2.45) is 11.7 Å². The molecule has 2 rings (SSSR count). The zero-order valence-corrected chi connectivity index (χ0v) is 9.88. The molecule has 0 unspecified atom stereocenters. The van der Waals surface area contributed by atoms with Crippen LogP contribution in [0.2, 0.25) is 0 Å². The predicted molar refractivity (Wildman–Crippen MR) is 60.4 cm³/mol. The van der Waals surface area contributed by atoms with Crippen LogP contribution in [-0.4, -0.2) is 50.5 Å². The summed E-state index contributed by atoms with van der Waals surface area (Å²) in [7, 11) is -2.73. The predicted octanol–water partition coefficient (Wildman–Crippen LogP) is -0.156. The molecule has 0 bridgehead atoms. The Kier molecular flexibility index (Phi) is 3.33. The van der Waals surface area contributed by atoms with Gasteiger partial charge in [-0.3, -0.25) is 0 Å². The molecule has 0 aromatic carbocycles. The maximum atomic E-state index is 11.2. The van der Waals surface area contributed by atoms with Crippen molar-refractivity contribution < 1.29 is 8.42 Å². The maximum Gasteiger partial charge on any atom is 0.152 e. The molecular formula is C10H20N2O2S. The molecular weight excluding hydrogens is 212 g/mol. The average molecular weight is 232 g/mol. The molecule has 88 valence electrons. The van der Waals surface area contributed by atoms with Crippen LogP contribution in [0.5, 0.6) is 0 Å². The molecule has 0 radical (unpaired) electrons. The minimum absolute atomic E-state index is 0.339. The lowest BCUT2D eigenvalue weighted by molar-refractivity contribution is 0.247. The third kappa shape index (κ3) is 3.16. The van der Waals surface area contributed by atoms with Gasteiger partial charge in [0.05, 0.1) is 11.5 Å². The molecule has 1 aliphatic heterocycles. The molecule has 0 amide bonds. The average Bonchev–Trinajstić information content (AvgIpc) is 2.55. The smallest absolute Gasteiger partial charge is 0.152 e. The summed E-state index contributed by atoms with van der Waals surface area (Å²) in [4.78, 5) is 2.28. The van der Waals surface area contributed by atoms with E-state index in [1.54, 1.807) is 0 Å². The van der Waals surface area contributed by atoms with Gasteiger partial charge in [-0.05, 0) is 25.2 Å². The summed E-state index contributed by atoms with van der Waals surface area (Å²) < 4.78 is 22.5. The maximum absolute atomic E-state index is 11.2. The van der Waals surface area contributed by atoms with E-state index in [2.05, 4.69) is 4.90 Å². The van der Waals surface area contributed by atoms with Gasteiger partial charge in [-0.25, -0.2) is 8.42 Å². The zero-order valence-electron chi connectivity index (χ0n) is 9.06. The first-order chi connectivity index (χ1) is 7.05. The number of hydrogen-bond acceptors (Lipinski definition) is 4. The molecule has 2 aliphatic rings. The molecule has 15 heavy (non-hydrogen) atoms. The van der Waals surface area contributed by atoms with Gasteiger partial charge in [0.25, 0.3) is 0 Å². The van der Waals surface area contributed by atoms with Gasteiger partial charge in [-0.2, -0.15) is 0 Å². The first-order valence-corrected chi connectivity index (χ1v) is 7.56. The molecule has 2 atom stereocenters. The molecule has 0 aromatic heterocycles. The molecule has 1 aliphatic carbocycles. The monoisotopic (exact) mass is 232 g/mol. The van der Waals surface area contributed by atoms with Crippen molar-refractivity contribution in [2.75, 3.05) is 31.1 Å².